The van der Waals surface area contributed by atoms with Crippen molar-refractivity contribution in [1.82, 2.24) is 4.90 Å². The summed E-state index contributed by atoms with van der Waals surface area (Å²) < 4.78 is 0. The molecule has 2 aliphatic rings. The van der Waals surface area contributed by atoms with Crippen molar-refractivity contribution < 1.29 is 14.7 Å². The lowest BCUT2D eigenvalue weighted by Crippen LogP contribution is -2.36. The number of carbonyl (C=O) groups excluding carboxylic acids is 1. The van der Waals surface area contributed by atoms with Gasteiger partial charge in [-0.05, 0) is 50.4 Å². The van der Waals surface area contributed by atoms with Crippen LogP contribution in [-0.4, -0.2) is 35.0 Å². The summed E-state index contributed by atoms with van der Waals surface area (Å²) in [5.41, 5.74) is 0. The number of carboxylic acid groups (broad SMARTS) is 1. The molecule has 0 aromatic heterocycles. The quantitative estimate of drug-likeness (QED) is 0.865. The number of hydrogen-bond acceptors (Lipinski definition) is 2. The summed E-state index contributed by atoms with van der Waals surface area (Å²) in [5, 5.41) is 9.04. The fraction of sp³-hybridized carbons (Fsp3) is 0.875. The average Bonchev–Trinajstić information content (AvgIpc) is 2.76. The van der Waals surface area contributed by atoms with Crippen molar-refractivity contribution in [2.45, 2.75) is 52.4 Å². The molecule has 0 radical (unpaired) electrons. The highest BCUT2D eigenvalue weighted by Gasteiger charge is 2.36. The maximum Gasteiger partial charge on any atom is 0.306 e. The summed E-state index contributed by atoms with van der Waals surface area (Å²) >= 11 is 0. The minimum atomic E-state index is -0.740. The summed E-state index contributed by atoms with van der Waals surface area (Å²) in [6, 6.07) is 0. The van der Waals surface area contributed by atoms with Crippen LogP contribution in [0, 0.1) is 23.7 Å². The Morgan fingerprint density at radius 1 is 1.05 bits per heavy atom. The largest absolute Gasteiger partial charge is 0.481 e. The van der Waals surface area contributed by atoms with E-state index in [1.165, 1.54) is 6.42 Å². The summed E-state index contributed by atoms with van der Waals surface area (Å²) in [6.45, 7) is 6.24. The third kappa shape index (κ3) is 3.53. The van der Waals surface area contributed by atoms with Crippen molar-refractivity contribution >= 4 is 11.9 Å². The van der Waals surface area contributed by atoms with Gasteiger partial charge in [0.25, 0.3) is 0 Å². The Kier molecular flexibility index (Phi) is 5.06. The zero-order chi connectivity index (χ0) is 14.7. The molecule has 0 aromatic carbocycles. The second kappa shape index (κ2) is 6.59. The van der Waals surface area contributed by atoms with Gasteiger partial charge in [-0.3, -0.25) is 9.59 Å². The molecule has 4 heteroatoms. The predicted octanol–water partition coefficient (Wildman–Crippen LogP) is 2.77. The van der Waals surface area contributed by atoms with Crippen LogP contribution in [0.4, 0.5) is 0 Å². The molecule has 3 atom stereocenters. The van der Waals surface area contributed by atoms with Crippen LogP contribution < -0.4 is 0 Å². The minimum Gasteiger partial charge on any atom is -0.481 e. The molecular formula is C16H27NO3. The topological polar surface area (TPSA) is 57.6 Å². The van der Waals surface area contributed by atoms with Gasteiger partial charge in [-0.1, -0.05) is 13.8 Å². The molecular weight excluding hydrogens is 254 g/mol. The number of carbonyl (C=O) groups is 2. The lowest BCUT2D eigenvalue weighted by Gasteiger charge is -2.24. The van der Waals surface area contributed by atoms with Gasteiger partial charge in [-0.15, -0.1) is 0 Å². The Morgan fingerprint density at radius 3 is 2.35 bits per heavy atom. The van der Waals surface area contributed by atoms with Crippen molar-refractivity contribution in [2.24, 2.45) is 23.7 Å². The van der Waals surface area contributed by atoms with Gasteiger partial charge in [0.05, 0.1) is 5.92 Å². The molecule has 1 heterocycles. The normalized spacial score (nSPS) is 31.4. The third-order valence-electron chi connectivity index (χ3n) is 5.16. The molecule has 1 saturated carbocycles. The molecule has 1 saturated heterocycles. The average molecular weight is 281 g/mol. The second-order valence-electron chi connectivity index (χ2n) is 6.81. The number of rotatable bonds is 3. The smallest absolute Gasteiger partial charge is 0.306 e. The van der Waals surface area contributed by atoms with Crippen LogP contribution in [0.25, 0.3) is 0 Å². The number of likely N-dealkylation sites (tertiary alicyclic amines) is 1. The maximum atomic E-state index is 12.5. The van der Waals surface area contributed by atoms with E-state index in [1.807, 2.05) is 4.90 Å². The van der Waals surface area contributed by atoms with Crippen molar-refractivity contribution in [1.29, 1.82) is 0 Å². The molecule has 3 unspecified atom stereocenters. The zero-order valence-electron chi connectivity index (χ0n) is 12.7. The van der Waals surface area contributed by atoms with E-state index in [2.05, 4.69) is 13.8 Å². The van der Waals surface area contributed by atoms with Gasteiger partial charge in [0.15, 0.2) is 0 Å². The van der Waals surface area contributed by atoms with Crippen LogP contribution in [-0.2, 0) is 9.59 Å². The predicted molar refractivity (Wildman–Crippen MR) is 77.2 cm³/mol. The highest BCUT2D eigenvalue weighted by molar-refractivity contribution is 5.81. The molecule has 1 aliphatic heterocycles. The van der Waals surface area contributed by atoms with Crippen molar-refractivity contribution in [3.63, 3.8) is 0 Å². The Hall–Kier alpha value is -1.06. The van der Waals surface area contributed by atoms with Crippen LogP contribution in [0.15, 0.2) is 0 Å². The number of hydrogen-bond donors (Lipinski definition) is 1. The van der Waals surface area contributed by atoms with Crippen LogP contribution in [0.5, 0.6) is 0 Å². The van der Waals surface area contributed by atoms with E-state index >= 15 is 0 Å². The number of nitrogens with zero attached hydrogens (tertiary/aromatic N) is 1. The van der Waals surface area contributed by atoms with Gasteiger partial charge < -0.3 is 10.0 Å². The van der Waals surface area contributed by atoms with E-state index in [4.69, 9.17) is 5.11 Å². The summed E-state index contributed by atoms with van der Waals surface area (Å²) in [7, 11) is 0. The molecule has 0 bridgehead atoms. The molecule has 4 nitrogen and oxygen atoms in total. The Bertz CT molecular complexity index is 367. The lowest BCUT2D eigenvalue weighted by molar-refractivity contribution is -0.141. The Labute approximate surface area is 121 Å². The van der Waals surface area contributed by atoms with Crippen LogP contribution >= 0.6 is 0 Å². The maximum absolute atomic E-state index is 12.5. The molecule has 20 heavy (non-hydrogen) atoms. The fourth-order valence-electron chi connectivity index (χ4n) is 3.70. The molecule has 2 rings (SSSR count). The molecule has 1 aliphatic carbocycles. The van der Waals surface area contributed by atoms with Gasteiger partial charge in [0.2, 0.25) is 5.91 Å². The monoisotopic (exact) mass is 281 g/mol. The summed E-state index contributed by atoms with van der Waals surface area (Å²) in [4.78, 5) is 25.5. The molecule has 2 fully saturated rings. The van der Waals surface area contributed by atoms with Gasteiger partial charge in [0, 0.05) is 19.0 Å². The highest BCUT2D eigenvalue weighted by Crippen LogP contribution is 2.33. The van der Waals surface area contributed by atoms with E-state index in [9.17, 15) is 9.59 Å². The first-order chi connectivity index (χ1) is 9.49. The molecule has 0 spiro atoms. The van der Waals surface area contributed by atoms with Crippen LogP contribution in [0.2, 0.25) is 0 Å². The molecule has 1 N–H and O–H groups in total. The molecule has 1 amide bonds. The number of aliphatic carboxylic acids is 1. The fourth-order valence-corrected chi connectivity index (χ4v) is 3.70. The van der Waals surface area contributed by atoms with E-state index in [1.54, 1.807) is 0 Å². The van der Waals surface area contributed by atoms with E-state index in [0.717, 1.165) is 38.3 Å². The standard InChI is InChI=1S/C16H27NO3/c1-11(2)12-4-3-8-17(9-7-12)15(18)13-5-6-14(10-13)16(19)20/h11-14H,3-10H2,1-2H3,(H,19,20). The second-order valence-corrected chi connectivity index (χ2v) is 6.81. The first-order valence-corrected chi connectivity index (χ1v) is 8.00. The van der Waals surface area contributed by atoms with E-state index in [0.29, 0.717) is 18.8 Å². The summed E-state index contributed by atoms with van der Waals surface area (Å²) in [5.74, 6) is 0.524. The lowest BCUT2D eigenvalue weighted by atomic mass is 9.89. The van der Waals surface area contributed by atoms with E-state index < -0.39 is 5.97 Å². The first kappa shape index (κ1) is 15.3. The van der Waals surface area contributed by atoms with Crippen molar-refractivity contribution in [3.8, 4) is 0 Å². The van der Waals surface area contributed by atoms with Gasteiger partial charge >= 0.3 is 5.97 Å². The van der Waals surface area contributed by atoms with Crippen LogP contribution in [0.1, 0.15) is 52.4 Å². The van der Waals surface area contributed by atoms with Crippen LogP contribution in [0.3, 0.4) is 0 Å². The number of amides is 1. The summed E-state index contributed by atoms with van der Waals surface area (Å²) in [6.07, 6.45) is 5.35. The van der Waals surface area contributed by atoms with Crippen molar-refractivity contribution in [2.75, 3.05) is 13.1 Å². The minimum absolute atomic E-state index is 0.0494. The van der Waals surface area contributed by atoms with E-state index in [-0.39, 0.29) is 17.7 Å². The zero-order valence-corrected chi connectivity index (χ0v) is 12.7. The first-order valence-electron chi connectivity index (χ1n) is 8.00. The Balaban J connectivity index is 1.88. The van der Waals surface area contributed by atoms with Gasteiger partial charge in [0.1, 0.15) is 0 Å². The highest BCUT2D eigenvalue weighted by atomic mass is 16.4. The van der Waals surface area contributed by atoms with Gasteiger partial charge in [-0.2, -0.15) is 0 Å². The van der Waals surface area contributed by atoms with Crippen molar-refractivity contribution in [3.05, 3.63) is 0 Å². The molecule has 114 valence electrons. The third-order valence-corrected chi connectivity index (χ3v) is 5.16. The Morgan fingerprint density at radius 2 is 1.75 bits per heavy atom. The van der Waals surface area contributed by atoms with Gasteiger partial charge in [-0.25, -0.2) is 0 Å². The molecule has 0 aromatic rings. The number of carboxylic acids is 1. The SMILES string of the molecule is CC(C)C1CCCN(C(=O)C2CCC(C(=O)O)C2)CC1.